The largest absolute Gasteiger partial charge is 0.496 e. The van der Waals surface area contributed by atoms with Crippen LogP contribution in [0.2, 0.25) is 0 Å². The Balaban J connectivity index is 2.18. The molecule has 2 unspecified atom stereocenters. The average molecular weight is 277 g/mol. The molecule has 0 N–H and O–H groups in total. The summed E-state index contributed by atoms with van der Waals surface area (Å²) < 4.78 is 11.0. The molecular weight excluding hydrogens is 254 g/mol. The molecule has 0 spiro atoms. The van der Waals surface area contributed by atoms with Gasteiger partial charge in [0.25, 0.3) is 0 Å². The number of hydrogen-bond donors (Lipinski definition) is 0. The summed E-state index contributed by atoms with van der Waals surface area (Å²) in [5.74, 6) is 0.905. The summed E-state index contributed by atoms with van der Waals surface area (Å²) in [5.41, 5.74) is 1.77. The summed E-state index contributed by atoms with van der Waals surface area (Å²) in [5, 5.41) is 0. The predicted octanol–water partition coefficient (Wildman–Crippen LogP) is 2.51. The molecule has 1 heterocycles. The Hall–Kier alpha value is -1.39. The second-order valence-electron chi connectivity index (χ2n) is 5.43. The van der Waals surface area contributed by atoms with Gasteiger partial charge in [-0.1, -0.05) is 0 Å². The fourth-order valence-corrected chi connectivity index (χ4v) is 2.81. The maximum Gasteiger partial charge on any atom is 0.159 e. The Morgan fingerprint density at radius 2 is 2.25 bits per heavy atom. The van der Waals surface area contributed by atoms with Gasteiger partial charge in [0.15, 0.2) is 5.78 Å². The minimum atomic E-state index is 0.0779. The van der Waals surface area contributed by atoms with Crippen molar-refractivity contribution < 1.29 is 14.3 Å². The summed E-state index contributed by atoms with van der Waals surface area (Å²) >= 11 is 0. The molecule has 1 aliphatic heterocycles. The van der Waals surface area contributed by atoms with Gasteiger partial charge < -0.3 is 9.47 Å². The van der Waals surface area contributed by atoms with Crippen molar-refractivity contribution in [3.8, 4) is 5.75 Å². The Labute approximate surface area is 120 Å². The van der Waals surface area contributed by atoms with Gasteiger partial charge in [-0.05, 0) is 45.5 Å². The van der Waals surface area contributed by atoms with Gasteiger partial charge in [0.1, 0.15) is 5.75 Å². The maximum atomic E-state index is 11.5. The van der Waals surface area contributed by atoms with Crippen LogP contribution in [0.15, 0.2) is 18.2 Å². The van der Waals surface area contributed by atoms with Crippen molar-refractivity contribution in [1.29, 1.82) is 0 Å². The van der Waals surface area contributed by atoms with Crippen LogP contribution in [0, 0.1) is 0 Å². The van der Waals surface area contributed by atoms with E-state index < -0.39 is 0 Å². The van der Waals surface area contributed by atoms with Crippen molar-refractivity contribution >= 4 is 5.78 Å². The molecule has 110 valence electrons. The number of carbonyl (C=O) groups is 1. The first-order chi connectivity index (χ1) is 9.52. The molecule has 0 radical (unpaired) electrons. The molecule has 1 saturated heterocycles. The van der Waals surface area contributed by atoms with E-state index in [1.165, 1.54) is 0 Å². The molecule has 0 amide bonds. The maximum absolute atomic E-state index is 11.5. The zero-order chi connectivity index (χ0) is 14.7. The summed E-state index contributed by atoms with van der Waals surface area (Å²) in [4.78, 5) is 13.8. The minimum Gasteiger partial charge on any atom is -0.496 e. The Bertz CT molecular complexity index is 487. The summed E-state index contributed by atoms with van der Waals surface area (Å²) in [7, 11) is 3.75. The minimum absolute atomic E-state index is 0.0779. The first kappa shape index (κ1) is 15.0. The monoisotopic (exact) mass is 277 g/mol. The van der Waals surface area contributed by atoms with Gasteiger partial charge in [0.05, 0.1) is 13.2 Å². The number of Topliss-reactive ketones (excluding diaryl/α,β-unsaturated/α-hetero) is 1. The van der Waals surface area contributed by atoms with Crippen molar-refractivity contribution in [2.24, 2.45) is 0 Å². The predicted molar refractivity (Wildman–Crippen MR) is 78.3 cm³/mol. The first-order valence-corrected chi connectivity index (χ1v) is 7.02. The molecule has 1 aliphatic rings. The molecule has 1 aromatic carbocycles. The van der Waals surface area contributed by atoms with Crippen LogP contribution in [-0.2, 0) is 11.3 Å². The van der Waals surface area contributed by atoms with E-state index in [1.807, 2.05) is 18.2 Å². The van der Waals surface area contributed by atoms with Crippen molar-refractivity contribution in [2.75, 3.05) is 20.8 Å². The number of likely N-dealkylation sites (N-methyl/N-ethyl adjacent to an activating group) is 1. The van der Waals surface area contributed by atoms with E-state index in [-0.39, 0.29) is 11.9 Å². The fraction of sp³-hybridized carbons (Fsp3) is 0.562. The number of ether oxygens (including phenoxy) is 2. The van der Waals surface area contributed by atoms with Gasteiger partial charge >= 0.3 is 0 Å². The van der Waals surface area contributed by atoms with Crippen molar-refractivity contribution in [3.63, 3.8) is 0 Å². The highest BCUT2D eigenvalue weighted by Gasteiger charge is 2.28. The quantitative estimate of drug-likeness (QED) is 0.775. The van der Waals surface area contributed by atoms with Crippen LogP contribution in [0.1, 0.15) is 36.2 Å². The summed E-state index contributed by atoms with van der Waals surface area (Å²) in [6, 6.07) is 6.03. The van der Waals surface area contributed by atoms with Crippen LogP contribution < -0.4 is 4.74 Å². The highest BCUT2D eigenvalue weighted by Crippen LogP contribution is 2.25. The van der Waals surface area contributed by atoms with Gasteiger partial charge in [-0.15, -0.1) is 0 Å². The lowest BCUT2D eigenvalue weighted by molar-refractivity contribution is 0.0811. The molecule has 2 atom stereocenters. The molecule has 20 heavy (non-hydrogen) atoms. The third-order valence-electron chi connectivity index (χ3n) is 4.01. The van der Waals surface area contributed by atoms with Gasteiger partial charge in [-0.3, -0.25) is 9.69 Å². The van der Waals surface area contributed by atoms with Crippen LogP contribution in [-0.4, -0.2) is 43.6 Å². The zero-order valence-electron chi connectivity index (χ0n) is 12.7. The summed E-state index contributed by atoms with van der Waals surface area (Å²) in [6.45, 7) is 5.27. The van der Waals surface area contributed by atoms with E-state index in [1.54, 1.807) is 14.0 Å². The lowest BCUT2D eigenvalue weighted by atomic mass is 10.0. The smallest absolute Gasteiger partial charge is 0.159 e. The second-order valence-corrected chi connectivity index (χ2v) is 5.43. The third-order valence-corrected chi connectivity index (χ3v) is 4.01. The second kappa shape index (κ2) is 6.37. The van der Waals surface area contributed by atoms with Crippen LogP contribution >= 0.6 is 0 Å². The normalized spacial score (nSPS) is 22.2. The standard InChI is InChI=1S/C16H23NO3/c1-11(18)13-5-6-16(19-4)14(9-13)10-17(3)15-7-8-20-12(15)2/h5-6,9,12,15H,7-8,10H2,1-4H3. The molecule has 4 heteroatoms. The Morgan fingerprint density at radius 1 is 1.50 bits per heavy atom. The first-order valence-electron chi connectivity index (χ1n) is 7.02. The lowest BCUT2D eigenvalue weighted by Gasteiger charge is -2.27. The average Bonchev–Trinajstić information content (AvgIpc) is 2.84. The number of hydrogen-bond acceptors (Lipinski definition) is 4. The van der Waals surface area contributed by atoms with Crippen molar-refractivity contribution in [3.05, 3.63) is 29.3 Å². The SMILES string of the molecule is COc1ccc(C(C)=O)cc1CN(C)C1CCOC1C. The zero-order valence-corrected chi connectivity index (χ0v) is 12.7. The van der Waals surface area contributed by atoms with Crippen molar-refractivity contribution in [1.82, 2.24) is 4.90 Å². The fourth-order valence-electron chi connectivity index (χ4n) is 2.81. The van der Waals surface area contributed by atoms with Crippen molar-refractivity contribution in [2.45, 2.75) is 39.0 Å². The lowest BCUT2D eigenvalue weighted by Crippen LogP contribution is -2.36. The molecule has 0 aliphatic carbocycles. The van der Waals surface area contributed by atoms with Crippen LogP contribution in [0.4, 0.5) is 0 Å². The number of nitrogens with zero attached hydrogens (tertiary/aromatic N) is 1. The van der Waals surface area contributed by atoms with E-state index in [9.17, 15) is 4.79 Å². The van der Waals surface area contributed by atoms with Crippen LogP contribution in [0.3, 0.4) is 0 Å². The molecule has 0 aromatic heterocycles. The number of carbonyl (C=O) groups excluding carboxylic acids is 1. The number of rotatable bonds is 5. The van der Waals surface area contributed by atoms with E-state index in [0.29, 0.717) is 6.04 Å². The van der Waals surface area contributed by atoms with E-state index >= 15 is 0 Å². The molecule has 4 nitrogen and oxygen atoms in total. The van der Waals surface area contributed by atoms with Gasteiger partial charge in [0, 0.05) is 30.3 Å². The van der Waals surface area contributed by atoms with Crippen LogP contribution in [0.5, 0.6) is 5.75 Å². The molecule has 2 rings (SSSR count). The van der Waals surface area contributed by atoms with Gasteiger partial charge in [-0.25, -0.2) is 0 Å². The highest BCUT2D eigenvalue weighted by atomic mass is 16.5. The third kappa shape index (κ3) is 3.19. The number of benzene rings is 1. The molecule has 1 fully saturated rings. The molecule has 0 saturated carbocycles. The van der Waals surface area contributed by atoms with E-state index in [0.717, 1.165) is 36.4 Å². The van der Waals surface area contributed by atoms with E-state index in [2.05, 4.69) is 18.9 Å². The van der Waals surface area contributed by atoms with Crippen LogP contribution in [0.25, 0.3) is 0 Å². The Morgan fingerprint density at radius 3 is 2.80 bits per heavy atom. The topological polar surface area (TPSA) is 38.8 Å². The molecule has 0 bridgehead atoms. The Kier molecular flexibility index (Phi) is 4.78. The highest BCUT2D eigenvalue weighted by molar-refractivity contribution is 5.94. The van der Waals surface area contributed by atoms with E-state index in [4.69, 9.17) is 9.47 Å². The number of methoxy groups -OCH3 is 1. The molecule has 1 aromatic rings. The molecular formula is C16H23NO3. The van der Waals surface area contributed by atoms with Gasteiger partial charge in [-0.2, -0.15) is 0 Å². The number of ketones is 1. The van der Waals surface area contributed by atoms with Gasteiger partial charge in [0.2, 0.25) is 0 Å². The summed E-state index contributed by atoms with van der Waals surface area (Å²) in [6.07, 6.45) is 1.30.